The van der Waals surface area contributed by atoms with Gasteiger partial charge in [0.2, 0.25) is 0 Å². The highest BCUT2D eigenvalue weighted by Crippen LogP contribution is 2.37. The maximum atomic E-state index is 10.1. The van der Waals surface area contributed by atoms with E-state index in [4.69, 9.17) is 11.6 Å². The fraction of sp³-hybridized carbons (Fsp3) is 0.600. The van der Waals surface area contributed by atoms with Crippen LogP contribution in [0.25, 0.3) is 0 Å². The van der Waals surface area contributed by atoms with Gasteiger partial charge in [-0.3, -0.25) is 0 Å². The summed E-state index contributed by atoms with van der Waals surface area (Å²) in [6.45, 7) is 2.57. The van der Waals surface area contributed by atoms with Gasteiger partial charge in [-0.25, -0.2) is 0 Å². The summed E-state index contributed by atoms with van der Waals surface area (Å²) < 4.78 is 0. The lowest BCUT2D eigenvalue weighted by Crippen LogP contribution is -2.48. The van der Waals surface area contributed by atoms with Crippen LogP contribution < -0.4 is 5.32 Å². The molecular weight excluding hydrogens is 278 g/mol. The summed E-state index contributed by atoms with van der Waals surface area (Å²) in [5.74, 6) is 1.41. The van der Waals surface area contributed by atoms with E-state index in [0.717, 1.165) is 23.6 Å². The third kappa shape index (κ3) is 4.38. The Morgan fingerprint density at radius 3 is 2.58 bits per heavy atom. The van der Waals surface area contributed by atoms with Crippen LogP contribution in [-0.4, -0.2) is 35.3 Å². The molecule has 1 aliphatic rings. The van der Waals surface area contributed by atoms with Gasteiger partial charge in [-0.05, 0) is 49.6 Å². The maximum absolute atomic E-state index is 10.1. The molecule has 0 amide bonds. The monoisotopic (exact) mass is 299 g/mol. The van der Waals surface area contributed by atoms with Crippen molar-refractivity contribution < 1.29 is 5.11 Å². The van der Waals surface area contributed by atoms with E-state index in [2.05, 4.69) is 17.4 Å². The van der Waals surface area contributed by atoms with Crippen LogP contribution in [0.1, 0.15) is 31.2 Å². The van der Waals surface area contributed by atoms with Crippen molar-refractivity contribution in [3.05, 3.63) is 34.9 Å². The Morgan fingerprint density at radius 2 is 2.00 bits per heavy atom. The average molecular weight is 300 g/mol. The number of hydrogen-bond donors (Lipinski definition) is 2. The number of benzene rings is 1. The fourth-order valence-corrected chi connectivity index (χ4v) is 3.37. The van der Waals surface area contributed by atoms with Gasteiger partial charge in [0, 0.05) is 23.4 Å². The third-order valence-corrected chi connectivity index (χ3v) is 4.87. The van der Waals surface area contributed by atoms with E-state index >= 15 is 0 Å². The zero-order chi connectivity index (χ0) is 13.9. The minimum Gasteiger partial charge on any atom is -0.388 e. The summed E-state index contributed by atoms with van der Waals surface area (Å²) >= 11 is 7.58. The minimum absolute atomic E-state index is 0.536. The van der Waals surface area contributed by atoms with Crippen LogP contribution in [0.2, 0.25) is 5.02 Å². The van der Waals surface area contributed by atoms with E-state index in [-0.39, 0.29) is 0 Å². The summed E-state index contributed by atoms with van der Waals surface area (Å²) in [6, 6.07) is 8.69. The highest BCUT2D eigenvalue weighted by Gasteiger charge is 2.31. The van der Waals surface area contributed by atoms with Crippen LogP contribution in [0.3, 0.4) is 0 Å². The number of nitrogens with one attached hydrogen (secondary N) is 1. The molecule has 0 bridgehead atoms. The molecule has 0 heterocycles. The Morgan fingerprint density at radius 1 is 1.37 bits per heavy atom. The molecule has 1 saturated carbocycles. The lowest BCUT2D eigenvalue weighted by molar-refractivity contribution is 0.0756. The predicted molar refractivity (Wildman–Crippen MR) is 84.2 cm³/mol. The summed E-state index contributed by atoms with van der Waals surface area (Å²) in [5.41, 5.74) is 0.767. The van der Waals surface area contributed by atoms with Crippen LogP contribution in [0.4, 0.5) is 0 Å². The zero-order valence-electron chi connectivity index (χ0n) is 11.5. The molecule has 1 fully saturated rings. The molecule has 1 aliphatic carbocycles. The summed E-state index contributed by atoms with van der Waals surface area (Å²) in [7, 11) is 0. The predicted octanol–water partition coefficient (Wildman–Crippen LogP) is 3.29. The molecule has 4 heteroatoms. The van der Waals surface area contributed by atoms with E-state index in [0.29, 0.717) is 18.5 Å². The van der Waals surface area contributed by atoms with Gasteiger partial charge < -0.3 is 10.4 Å². The van der Waals surface area contributed by atoms with Crippen LogP contribution in [0.15, 0.2) is 24.3 Å². The van der Waals surface area contributed by atoms with Crippen LogP contribution >= 0.6 is 23.4 Å². The number of thioether (sulfide) groups is 1. The zero-order valence-corrected chi connectivity index (χ0v) is 13.1. The van der Waals surface area contributed by atoms with Crippen molar-refractivity contribution in [2.45, 2.75) is 37.3 Å². The number of hydrogen-bond acceptors (Lipinski definition) is 3. The molecular formula is C15H22ClNOS. The van der Waals surface area contributed by atoms with Crippen molar-refractivity contribution in [1.82, 2.24) is 5.32 Å². The van der Waals surface area contributed by atoms with Crippen molar-refractivity contribution in [2.24, 2.45) is 0 Å². The van der Waals surface area contributed by atoms with E-state index in [1.54, 1.807) is 11.8 Å². The first-order chi connectivity index (χ1) is 9.00. The normalized spacial score (nSPS) is 25.7. The van der Waals surface area contributed by atoms with Crippen molar-refractivity contribution in [2.75, 3.05) is 18.6 Å². The highest BCUT2D eigenvalue weighted by molar-refractivity contribution is 7.98. The Bertz CT molecular complexity index is 401. The van der Waals surface area contributed by atoms with Crippen molar-refractivity contribution >= 4 is 23.4 Å². The highest BCUT2D eigenvalue weighted by atomic mass is 35.5. The Labute approximate surface area is 124 Å². The topological polar surface area (TPSA) is 32.3 Å². The SMILES string of the molecule is CSCC(C)(O)CNC1CC(c2ccc(Cl)cc2)C1. The van der Waals surface area contributed by atoms with Gasteiger partial charge >= 0.3 is 0 Å². The van der Waals surface area contributed by atoms with E-state index in [9.17, 15) is 5.11 Å². The second-order valence-corrected chi connectivity index (χ2v) is 7.03. The molecule has 106 valence electrons. The first-order valence-electron chi connectivity index (χ1n) is 6.70. The van der Waals surface area contributed by atoms with Gasteiger partial charge in [0.1, 0.15) is 0 Å². The van der Waals surface area contributed by atoms with Crippen molar-refractivity contribution in [3.8, 4) is 0 Å². The smallest absolute Gasteiger partial charge is 0.0833 e. The van der Waals surface area contributed by atoms with Crippen LogP contribution in [-0.2, 0) is 0 Å². The second-order valence-electron chi connectivity index (χ2n) is 5.73. The molecule has 2 nitrogen and oxygen atoms in total. The van der Waals surface area contributed by atoms with E-state index in [1.165, 1.54) is 5.56 Å². The number of halogens is 1. The Hall–Kier alpha value is -0.220. The van der Waals surface area contributed by atoms with E-state index < -0.39 is 5.60 Å². The Kier molecular flexibility index (Phi) is 5.18. The second kappa shape index (κ2) is 6.49. The molecule has 0 aliphatic heterocycles. The van der Waals surface area contributed by atoms with Crippen molar-refractivity contribution in [1.29, 1.82) is 0 Å². The lowest BCUT2D eigenvalue weighted by Gasteiger charge is -2.38. The first kappa shape index (κ1) is 15.2. The largest absolute Gasteiger partial charge is 0.388 e. The molecule has 1 aromatic rings. The van der Waals surface area contributed by atoms with Crippen LogP contribution in [0, 0.1) is 0 Å². The maximum Gasteiger partial charge on any atom is 0.0833 e. The van der Waals surface area contributed by atoms with Gasteiger partial charge in [-0.15, -0.1) is 0 Å². The van der Waals surface area contributed by atoms with Crippen LogP contribution in [0.5, 0.6) is 0 Å². The molecule has 0 aromatic heterocycles. The molecule has 19 heavy (non-hydrogen) atoms. The van der Waals surface area contributed by atoms with Crippen molar-refractivity contribution in [3.63, 3.8) is 0 Å². The molecule has 2 rings (SSSR count). The summed E-state index contributed by atoms with van der Waals surface area (Å²) in [5, 5.41) is 14.4. The molecule has 0 spiro atoms. The van der Waals surface area contributed by atoms with Gasteiger partial charge in [0.05, 0.1) is 5.60 Å². The molecule has 1 aromatic carbocycles. The number of aliphatic hydroxyl groups is 1. The van der Waals surface area contributed by atoms with Gasteiger partial charge in [0.25, 0.3) is 0 Å². The molecule has 2 N–H and O–H groups in total. The molecule has 0 radical (unpaired) electrons. The lowest BCUT2D eigenvalue weighted by atomic mass is 9.76. The third-order valence-electron chi connectivity index (χ3n) is 3.71. The molecule has 1 atom stereocenters. The van der Waals surface area contributed by atoms with Gasteiger partial charge in [0.15, 0.2) is 0 Å². The minimum atomic E-state index is -0.606. The molecule has 1 unspecified atom stereocenters. The molecule has 0 saturated heterocycles. The summed E-state index contributed by atoms with van der Waals surface area (Å²) in [6.07, 6.45) is 4.32. The van der Waals surface area contributed by atoms with Gasteiger partial charge in [-0.1, -0.05) is 23.7 Å². The number of rotatable bonds is 6. The fourth-order valence-electron chi connectivity index (χ4n) is 2.52. The quantitative estimate of drug-likeness (QED) is 0.845. The summed E-state index contributed by atoms with van der Waals surface area (Å²) in [4.78, 5) is 0. The Balaban J connectivity index is 1.73. The van der Waals surface area contributed by atoms with E-state index in [1.807, 2.05) is 25.3 Å². The van der Waals surface area contributed by atoms with Gasteiger partial charge in [-0.2, -0.15) is 11.8 Å². The standard InChI is InChI=1S/C15H22ClNOS/c1-15(18,10-19-2)9-17-14-7-12(8-14)11-3-5-13(16)6-4-11/h3-6,12,14,17-18H,7-10H2,1-2H3. The average Bonchev–Trinajstić information content (AvgIpc) is 2.29. The first-order valence-corrected chi connectivity index (χ1v) is 8.47.